The monoisotopic (exact) mass is 607 g/mol. The third-order valence-electron chi connectivity index (χ3n) is 9.21. The van der Waals surface area contributed by atoms with Crippen LogP contribution in [-0.2, 0) is 23.9 Å². The first-order valence-corrected chi connectivity index (χ1v) is 14.8. The average Bonchev–Trinajstić information content (AvgIpc) is 3.84. The lowest BCUT2D eigenvalue weighted by Crippen LogP contribution is -2.48. The maximum absolute atomic E-state index is 14.1. The molecule has 12 heteroatoms. The third-order valence-corrected chi connectivity index (χ3v) is 9.21. The molecule has 2 aliphatic carbocycles. The van der Waals surface area contributed by atoms with Crippen molar-refractivity contribution in [3.05, 3.63) is 76.5 Å². The highest BCUT2D eigenvalue weighted by molar-refractivity contribution is 5.96. The number of phenolic OH excluding ortho intramolecular Hbond substituents is 1. The van der Waals surface area contributed by atoms with Crippen molar-refractivity contribution in [2.24, 2.45) is 5.92 Å². The standard InChI is InChI=1S/C32H32F3N5O4/c1-17-15-40(11-10-36-17)16-19-3-2-18(12-23(19)32(33,34)35)30(43)39-31-14-24(31)28(31)22-13-20(4-6-25(22)41)44-26-8-9-37-29-21(26)5-7-27(42)38-29/h2-4,6,8-9,12-13,17,24,28,36,41H,5,7,10-11,14-16H2,1H3,(H,39,43)(H,37,38,42)/t17-,24-,28+,31-/m0/s1. The maximum Gasteiger partial charge on any atom is 0.416 e. The zero-order chi connectivity index (χ0) is 30.8. The number of ether oxygens (including phenoxy) is 1. The summed E-state index contributed by atoms with van der Waals surface area (Å²) in [4.78, 5) is 31.2. The number of halogens is 3. The number of pyridine rings is 1. The van der Waals surface area contributed by atoms with E-state index in [1.807, 2.05) is 11.8 Å². The molecule has 2 aliphatic heterocycles. The van der Waals surface area contributed by atoms with Gasteiger partial charge in [0.15, 0.2) is 0 Å². The van der Waals surface area contributed by atoms with Crippen molar-refractivity contribution in [2.45, 2.75) is 56.4 Å². The number of aromatic hydroxyl groups is 1. The third kappa shape index (κ3) is 5.26. The molecule has 0 unspecified atom stereocenters. The van der Waals surface area contributed by atoms with Gasteiger partial charge in [0.05, 0.1) is 11.1 Å². The van der Waals surface area contributed by atoms with Crippen molar-refractivity contribution in [1.29, 1.82) is 0 Å². The molecule has 1 aromatic heterocycles. The van der Waals surface area contributed by atoms with Gasteiger partial charge in [0.2, 0.25) is 5.91 Å². The summed E-state index contributed by atoms with van der Waals surface area (Å²) in [5.74, 6) is 0.751. The molecule has 0 radical (unpaired) electrons. The Morgan fingerprint density at radius 1 is 1.20 bits per heavy atom. The highest BCUT2D eigenvalue weighted by atomic mass is 19.4. The van der Waals surface area contributed by atoms with Crippen LogP contribution in [0.25, 0.3) is 0 Å². The van der Waals surface area contributed by atoms with E-state index in [9.17, 15) is 27.9 Å². The molecule has 4 N–H and O–H groups in total. The van der Waals surface area contributed by atoms with E-state index >= 15 is 0 Å². The lowest BCUT2D eigenvalue weighted by Gasteiger charge is -2.32. The quantitative estimate of drug-likeness (QED) is 0.311. The molecule has 2 amide bonds. The summed E-state index contributed by atoms with van der Waals surface area (Å²) in [5.41, 5.74) is 0.0828. The predicted molar refractivity (Wildman–Crippen MR) is 155 cm³/mol. The van der Waals surface area contributed by atoms with E-state index in [-0.39, 0.29) is 47.2 Å². The van der Waals surface area contributed by atoms with Crippen LogP contribution in [0.1, 0.15) is 58.3 Å². The fourth-order valence-electron chi connectivity index (χ4n) is 6.75. The lowest BCUT2D eigenvalue weighted by atomic mass is 9.98. The molecular weight excluding hydrogens is 575 g/mol. The van der Waals surface area contributed by atoms with Gasteiger partial charge in [-0.25, -0.2) is 4.98 Å². The van der Waals surface area contributed by atoms with Crippen LogP contribution < -0.4 is 20.7 Å². The van der Waals surface area contributed by atoms with E-state index < -0.39 is 23.2 Å². The molecule has 4 aliphatic rings. The zero-order valence-electron chi connectivity index (χ0n) is 24.0. The van der Waals surface area contributed by atoms with Gasteiger partial charge in [0.1, 0.15) is 23.1 Å². The van der Waals surface area contributed by atoms with Gasteiger partial charge in [-0.1, -0.05) is 6.07 Å². The molecule has 3 fully saturated rings. The molecule has 3 heterocycles. The number of aromatic nitrogens is 1. The van der Waals surface area contributed by atoms with Crippen molar-refractivity contribution in [3.8, 4) is 17.2 Å². The Kier molecular flexibility index (Phi) is 6.81. The topological polar surface area (TPSA) is 116 Å². The number of fused-ring (bicyclic) bond motifs is 2. The minimum atomic E-state index is -4.60. The molecule has 44 heavy (non-hydrogen) atoms. The van der Waals surface area contributed by atoms with Crippen LogP contribution in [0.2, 0.25) is 0 Å². The van der Waals surface area contributed by atoms with E-state index in [1.165, 1.54) is 18.2 Å². The van der Waals surface area contributed by atoms with Gasteiger partial charge in [-0.2, -0.15) is 13.2 Å². The minimum absolute atomic E-state index is 0.0451. The van der Waals surface area contributed by atoms with Crippen LogP contribution in [0.15, 0.2) is 48.7 Å². The fraction of sp³-hybridized carbons (Fsp3) is 0.406. The van der Waals surface area contributed by atoms with Crippen molar-refractivity contribution in [1.82, 2.24) is 20.5 Å². The van der Waals surface area contributed by atoms with Crippen LogP contribution in [-0.4, -0.2) is 58.0 Å². The number of carbonyl (C=O) groups excluding carboxylic acids is 2. The second-order valence-electron chi connectivity index (χ2n) is 12.2. The number of nitrogens with one attached hydrogen (secondary N) is 3. The SMILES string of the molecule is C[C@H]1CN(Cc2ccc(C(=O)N[C@@]34C[C@H]3[C@H]4c3cc(Oc4ccnc5c4CCC(=O)N5)ccc3O)cc2C(F)(F)F)CCN1. The molecule has 2 saturated carbocycles. The highest BCUT2D eigenvalue weighted by Crippen LogP contribution is 2.77. The van der Waals surface area contributed by atoms with Gasteiger partial charge < -0.3 is 25.8 Å². The Bertz CT molecular complexity index is 1660. The molecule has 2 aromatic carbocycles. The highest BCUT2D eigenvalue weighted by Gasteiger charge is 2.80. The van der Waals surface area contributed by atoms with Gasteiger partial charge in [-0.15, -0.1) is 0 Å². The van der Waals surface area contributed by atoms with Gasteiger partial charge in [-0.3, -0.25) is 14.5 Å². The molecule has 4 atom stereocenters. The Hall–Kier alpha value is -4.16. The first kappa shape index (κ1) is 28.6. The normalized spacial score (nSPS) is 25.8. The summed E-state index contributed by atoms with van der Waals surface area (Å²) in [5, 5.41) is 19.7. The minimum Gasteiger partial charge on any atom is -0.508 e. The van der Waals surface area contributed by atoms with Gasteiger partial charge in [0, 0.05) is 67.4 Å². The van der Waals surface area contributed by atoms with Crippen molar-refractivity contribution in [3.63, 3.8) is 0 Å². The van der Waals surface area contributed by atoms with E-state index in [4.69, 9.17) is 4.74 Å². The second-order valence-corrected chi connectivity index (χ2v) is 12.2. The number of alkyl halides is 3. The van der Waals surface area contributed by atoms with Crippen molar-refractivity contribution < 1.29 is 32.6 Å². The molecule has 1 saturated heterocycles. The number of anilines is 1. The van der Waals surface area contributed by atoms with E-state index in [0.717, 1.165) is 11.6 Å². The molecule has 3 aromatic rings. The van der Waals surface area contributed by atoms with Gasteiger partial charge in [-0.05, 0) is 67.6 Å². The Balaban J connectivity index is 1.07. The number of amides is 2. The molecule has 230 valence electrons. The Labute approximate surface area is 251 Å². The first-order valence-electron chi connectivity index (χ1n) is 14.8. The van der Waals surface area contributed by atoms with Crippen molar-refractivity contribution >= 4 is 17.6 Å². The summed E-state index contributed by atoms with van der Waals surface area (Å²) in [6.45, 7) is 4.16. The number of carbonyl (C=O) groups is 2. The van der Waals surface area contributed by atoms with E-state index in [0.29, 0.717) is 61.8 Å². The smallest absolute Gasteiger partial charge is 0.416 e. The van der Waals surface area contributed by atoms with Gasteiger partial charge in [0.25, 0.3) is 5.91 Å². The zero-order valence-corrected chi connectivity index (χ0v) is 24.0. The number of nitrogens with zero attached hydrogens (tertiary/aromatic N) is 2. The summed E-state index contributed by atoms with van der Waals surface area (Å²) < 4.78 is 48.4. The van der Waals surface area contributed by atoms with Crippen molar-refractivity contribution in [2.75, 3.05) is 25.0 Å². The summed E-state index contributed by atoms with van der Waals surface area (Å²) in [7, 11) is 0. The number of phenols is 1. The maximum atomic E-state index is 14.1. The van der Waals surface area contributed by atoms with Crippen LogP contribution >= 0.6 is 0 Å². The Morgan fingerprint density at radius 3 is 2.82 bits per heavy atom. The van der Waals surface area contributed by atoms with Crippen LogP contribution in [0.5, 0.6) is 17.2 Å². The Morgan fingerprint density at radius 2 is 2.05 bits per heavy atom. The fourth-order valence-corrected chi connectivity index (χ4v) is 6.75. The number of piperazine rings is 1. The molecule has 9 nitrogen and oxygen atoms in total. The van der Waals surface area contributed by atoms with Crippen LogP contribution in [0.4, 0.5) is 19.0 Å². The molecule has 0 spiro atoms. The molecular formula is C32H32F3N5O4. The number of hydrogen-bond acceptors (Lipinski definition) is 7. The number of rotatable bonds is 7. The second kappa shape index (κ2) is 10.5. The molecule has 7 rings (SSSR count). The number of benzene rings is 2. The summed E-state index contributed by atoms with van der Waals surface area (Å²) in [6.07, 6.45) is -1.56. The van der Waals surface area contributed by atoms with Crippen LogP contribution in [0.3, 0.4) is 0 Å². The average molecular weight is 608 g/mol. The van der Waals surface area contributed by atoms with E-state index in [2.05, 4.69) is 20.9 Å². The first-order chi connectivity index (χ1) is 21.0. The largest absolute Gasteiger partial charge is 0.508 e. The van der Waals surface area contributed by atoms with Crippen LogP contribution in [0, 0.1) is 5.92 Å². The van der Waals surface area contributed by atoms with Gasteiger partial charge >= 0.3 is 6.18 Å². The number of hydrogen-bond donors (Lipinski definition) is 4. The predicted octanol–water partition coefficient (Wildman–Crippen LogP) is 4.56. The van der Waals surface area contributed by atoms with E-state index in [1.54, 1.807) is 24.4 Å². The summed E-state index contributed by atoms with van der Waals surface area (Å²) in [6, 6.07) is 10.6. The summed E-state index contributed by atoms with van der Waals surface area (Å²) >= 11 is 0. The molecule has 0 bridgehead atoms. The lowest BCUT2D eigenvalue weighted by molar-refractivity contribution is -0.138.